The monoisotopic (exact) mass is 296 g/mol. The molecule has 0 saturated heterocycles. The third kappa shape index (κ3) is 5.90. The summed E-state index contributed by atoms with van der Waals surface area (Å²) in [6, 6.07) is 0.416. The number of aryl methyl sites for hydroxylation is 1. The highest BCUT2D eigenvalue weighted by Gasteiger charge is 2.08. The third-order valence-corrected chi connectivity index (χ3v) is 4.29. The number of nitrogens with zero attached hydrogens (tertiary/aromatic N) is 2. The molecule has 1 rings (SSSR count). The van der Waals surface area contributed by atoms with Gasteiger partial charge in [0.2, 0.25) is 0 Å². The van der Waals surface area contributed by atoms with E-state index in [0.29, 0.717) is 12.0 Å². The fourth-order valence-electron chi connectivity index (χ4n) is 1.61. The van der Waals surface area contributed by atoms with Crippen molar-refractivity contribution in [2.24, 2.45) is 10.9 Å². The van der Waals surface area contributed by atoms with Crippen molar-refractivity contribution in [2.75, 3.05) is 13.1 Å². The Morgan fingerprint density at radius 3 is 2.65 bits per heavy atom. The van der Waals surface area contributed by atoms with E-state index in [-0.39, 0.29) is 0 Å². The van der Waals surface area contributed by atoms with E-state index in [2.05, 4.69) is 60.6 Å². The van der Waals surface area contributed by atoms with Gasteiger partial charge in [0.25, 0.3) is 0 Å². The van der Waals surface area contributed by atoms with Crippen LogP contribution in [0.5, 0.6) is 0 Å². The lowest BCUT2D eigenvalue weighted by atomic mass is 10.1. The van der Waals surface area contributed by atoms with Crippen LogP contribution in [0.15, 0.2) is 10.4 Å². The second-order valence-electron chi connectivity index (χ2n) is 5.27. The predicted molar refractivity (Wildman–Crippen MR) is 88.6 cm³/mol. The molecule has 1 aromatic rings. The van der Waals surface area contributed by atoms with Crippen molar-refractivity contribution in [2.45, 2.75) is 53.5 Å². The molecule has 0 amide bonds. The Labute approximate surface area is 127 Å². The van der Waals surface area contributed by atoms with Crippen molar-refractivity contribution in [3.63, 3.8) is 0 Å². The van der Waals surface area contributed by atoms with Crippen LogP contribution in [-0.2, 0) is 12.8 Å². The molecule has 114 valence electrons. The molecule has 4 nitrogen and oxygen atoms in total. The summed E-state index contributed by atoms with van der Waals surface area (Å²) in [5.41, 5.74) is 1.16. The molecule has 0 spiro atoms. The lowest BCUT2D eigenvalue weighted by Crippen LogP contribution is -2.44. The van der Waals surface area contributed by atoms with Crippen LogP contribution in [0.2, 0.25) is 0 Å². The third-order valence-electron chi connectivity index (χ3n) is 3.25. The summed E-state index contributed by atoms with van der Waals surface area (Å²) in [5, 5.41) is 10.1. The highest BCUT2D eigenvalue weighted by Crippen LogP contribution is 2.10. The van der Waals surface area contributed by atoms with E-state index in [0.717, 1.165) is 37.6 Å². The number of hydrogen-bond donors (Lipinski definition) is 2. The molecular weight excluding hydrogens is 268 g/mol. The first-order valence-electron chi connectivity index (χ1n) is 7.54. The van der Waals surface area contributed by atoms with Gasteiger partial charge in [0, 0.05) is 30.9 Å². The Morgan fingerprint density at radius 2 is 2.10 bits per heavy atom. The molecule has 0 aliphatic heterocycles. The first-order chi connectivity index (χ1) is 9.56. The molecule has 5 heteroatoms. The van der Waals surface area contributed by atoms with Gasteiger partial charge in [-0.05, 0) is 26.2 Å². The second kappa shape index (κ2) is 8.95. The van der Waals surface area contributed by atoms with Gasteiger partial charge in [-0.3, -0.25) is 4.99 Å². The first-order valence-corrected chi connectivity index (χ1v) is 8.42. The quantitative estimate of drug-likeness (QED) is 0.601. The average Bonchev–Trinajstić information content (AvgIpc) is 2.86. The van der Waals surface area contributed by atoms with Gasteiger partial charge >= 0.3 is 0 Å². The van der Waals surface area contributed by atoms with E-state index < -0.39 is 0 Å². The van der Waals surface area contributed by atoms with E-state index in [1.165, 1.54) is 5.01 Å². The van der Waals surface area contributed by atoms with E-state index >= 15 is 0 Å². The van der Waals surface area contributed by atoms with Crippen LogP contribution in [0, 0.1) is 5.92 Å². The van der Waals surface area contributed by atoms with Gasteiger partial charge in [-0.15, -0.1) is 11.3 Å². The van der Waals surface area contributed by atoms with Crippen molar-refractivity contribution in [1.82, 2.24) is 15.6 Å². The smallest absolute Gasteiger partial charge is 0.191 e. The van der Waals surface area contributed by atoms with Gasteiger partial charge in [0.1, 0.15) is 0 Å². The number of hydrogen-bond acceptors (Lipinski definition) is 3. The van der Waals surface area contributed by atoms with Crippen molar-refractivity contribution >= 4 is 17.3 Å². The minimum absolute atomic E-state index is 0.416. The maximum atomic E-state index is 4.63. The second-order valence-corrected chi connectivity index (χ2v) is 6.22. The highest BCUT2D eigenvalue weighted by atomic mass is 32.1. The maximum absolute atomic E-state index is 4.63. The molecule has 1 atom stereocenters. The Hall–Kier alpha value is -1.10. The zero-order chi connectivity index (χ0) is 15.0. The van der Waals surface area contributed by atoms with Crippen LogP contribution >= 0.6 is 11.3 Å². The molecule has 0 fully saturated rings. The summed E-state index contributed by atoms with van der Waals surface area (Å²) >= 11 is 1.74. The standard InChI is InChI=1S/C15H28N4S/c1-6-14-19-13(10-20-14)8-9-17-15(16-7-2)18-12(5)11(3)4/h10-12H,6-9H2,1-5H3,(H2,16,17,18). The molecule has 0 saturated carbocycles. The molecule has 1 aromatic heterocycles. The molecule has 2 N–H and O–H groups in total. The minimum Gasteiger partial charge on any atom is -0.357 e. The number of thiazole rings is 1. The molecule has 1 heterocycles. The highest BCUT2D eigenvalue weighted by molar-refractivity contribution is 7.09. The summed E-state index contributed by atoms with van der Waals surface area (Å²) in [7, 11) is 0. The summed E-state index contributed by atoms with van der Waals surface area (Å²) in [5.74, 6) is 1.49. The van der Waals surface area contributed by atoms with Crippen LogP contribution < -0.4 is 10.6 Å². The Balaban J connectivity index is 2.49. The summed E-state index contributed by atoms with van der Waals surface area (Å²) in [6.45, 7) is 12.5. The first kappa shape index (κ1) is 17.0. The molecule has 0 aliphatic carbocycles. The zero-order valence-corrected chi connectivity index (χ0v) is 14.2. The van der Waals surface area contributed by atoms with Crippen LogP contribution in [0.25, 0.3) is 0 Å². The number of aliphatic imine (C=N–C) groups is 1. The molecule has 20 heavy (non-hydrogen) atoms. The SMILES string of the molecule is CCNC(=NCCc1csc(CC)n1)NC(C)C(C)C. The fraction of sp³-hybridized carbons (Fsp3) is 0.733. The van der Waals surface area contributed by atoms with Gasteiger partial charge in [-0.1, -0.05) is 20.8 Å². The number of aromatic nitrogens is 1. The molecule has 0 radical (unpaired) electrons. The van der Waals surface area contributed by atoms with Gasteiger partial charge in [0.15, 0.2) is 5.96 Å². The van der Waals surface area contributed by atoms with Crippen LogP contribution in [-0.4, -0.2) is 30.1 Å². The van der Waals surface area contributed by atoms with Crippen molar-refractivity contribution in [1.29, 1.82) is 0 Å². The lowest BCUT2D eigenvalue weighted by Gasteiger charge is -2.20. The summed E-state index contributed by atoms with van der Waals surface area (Å²) in [6.07, 6.45) is 1.92. The molecule has 0 aliphatic rings. The van der Waals surface area contributed by atoms with Crippen LogP contribution in [0.1, 0.15) is 45.3 Å². The number of guanidine groups is 1. The fourth-order valence-corrected chi connectivity index (χ4v) is 2.39. The van der Waals surface area contributed by atoms with Gasteiger partial charge < -0.3 is 10.6 Å². The van der Waals surface area contributed by atoms with Crippen molar-refractivity contribution in [3.8, 4) is 0 Å². The minimum atomic E-state index is 0.416. The molecule has 0 bridgehead atoms. The molecular formula is C15H28N4S. The predicted octanol–water partition coefficient (Wildman–Crippen LogP) is 2.85. The van der Waals surface area contributed by atoms with Crippen molar-refractivity contribution < 1.29 is 0 Å². The van der Waals surface area contributed by atoms with Crippen molar-refractivity contribution in [3.05, 3.63) is 16.1 Å². The molecule has 1 unspecified atom stereocenters. The summed E-state index contributed by atoms with van der Waals surface area (Å²) in [4.78, 5) is 9.19. The van der Waals surface area contributed by atoms with E-state index in [9.17, 15) is 0 Å². The Morgan fingerprint density at radius 1 is 1.35 bits per heavy atom. The van der Waals surface area contributed by atoms with E-state index in [1.54, 1.807) is 11.3 Å². The van der Waals surface area contributed by atoms with Gasteiger partial charge in [0.05, 0.1) is 10.7 Å². The van der Waals surface area contributed by atoms with E-state index in [4.69, 9.17) is 0 Å². The largest absolute Gasteiger partial charge is 0.357 e. The number of nitrogens with one attached hydrogen (secondary N) is 2. The Bertz CT molecular complexity index is 412. The average molecular weight is 296 g/mol. The van der Waals surface area contributed by atoms with Gasteiger partial charge in [-0.25, -0.2) is 4.98 Å². The van der Waals surface area contributed by atoms with Crippen LogP contribution in [0.4, 0.5) is 0 Å². The Kier molecular flexibility index (Phi) is 7.59. The maximum Gasteiger partial charge on any atom is 0.191 e. The lowest BCUT2D eigenvalue weighted by molar-refractivity contribution is 0.481. The van der Waals surface area contributed by atoms with Gasteiger partial charge in [-0.2, -0.15) is 0 Å². The molecule has 0 aromatic carbocycles. The van der Waals surface area contributed by atoms with E-state index in [1.807, 2.05) is 0 Å². The summed E-state index contributed by atoms with van der Waals surface area (Å²) < 4.78 is 0. The number of rotatable bonds is 7. The zero-order valence-electron chi connectivity index (χ0n) is 13.4. The normalized spacial score (nSPS) is 13.6. The van der Waals surface area contributed by atoms with Crippen LogP contribution in [0.3, 0.4) is 0 Å². The topological polar surface area (TPSA) is 49.3 Å².